The molecule has 30 heavy (non-hydrogen) atoms. The van der Waals surface area contributed by atoms with Crippen molar-refractivity contribution in [3.8, 4) is 11.4 Å². The molecular weight excluding hydrogens is 409 g/mol. The van der Waals surface area contributed by atoms with Gasteiger partial charge >= 0.3 is 0 Å². The summed E-state index contributed by atoms with van der Waals surface area (Å²) in [7, 11) is 0. The van der Waals surface area contributed by atoms with E-state index in [1.807, 2.05) is 12.1 Å². The van der Waals surface area contributed by atoms with Crippen LogP contribution in [0.3, 0.4) is 0 Å². The summed E-state index contributed by atoms with van der Waals surface area (Å²) in [5.41, 5.74) is 1.31. The molecule has 0 aliphatic carbocycles. The number of carbonyl (C=O) groups is 1. The predicted molar refractivity (Wildman–Crippen MR) is 111 cm³/mol. The molecule has 3 aromatic rings. The summed E-state index contributed by atoms with van der Waals surface area (Å²) in [5.74, 6) is 0.562. The Morgan fingerprint density at radius 1 is 1.10 bits per heavy atom. The maximum absolute atomic E-state index is 13.2. The van der Waals surface area contributed by atoms with Gasteiger partial charge in [-0.1, -0.05) is 22.8 Å². The van der Waals surface area contributed by atoms with Gasteiger partial charge in [0.2, 0.25) is 17.6 Å². The number of amides is 1. The first-order chi connectivity index (χ1) is 14.5. The lowest BCUT2D eigenvalue weighted by Gasteiger charge is -2.33. The van der Waals surface area contributed by atoms with Gasteiger partial charge in [-0.2, -0.15) is 4.98 Å². The van der Waals surface area contributed by atoms with Gasteiger partial charge in [-0.05, 0) is 42.5 Å². The lowest BCUT2D eigenvalue weighted by atomic mass is 10.2. The number of anilines is 1. The van der Waals surface area contributed by atoms with Gasteiger partial charge in [0.25, 0.3) is 0 Å². The van der Waals surface area contributed by atoms with Gasteiger partial charge in [0.15, 0.2) is 0 Å². The molecule has 156 valence electrons. The molecule has 1 N–H and O–H groups in total. The largest absolute Gasteiger partial charge is 0.338 e. The van der Waals surface area contributed by atoms with Gasteiger partial charge in [-0.25, -0.2) is 4.39 Å². The zero-order chi connectivity index (χ0) is 20.9. The Morgan fingerprint density at radius 3 is 2.57 bits per heavy atom. The molecule has 1 fully saturated rings. The van der Waals surface area contributed by atoms with Crippen molar-refractivity contribution in [1.82, 2.24) is 19.9 Å². The molecule has 2 aromatic carbocycles. The number of aromatic nitrogens is 2. The first-order valence-electron chi connectivity index (χ1n) is 9.64. The van der Waals surface area contributed by atoms with Crippen LogP contribution in [0.2, 0.25) is 5.02 Å². The Morgan fingerprint density at radius 2 is 1.83 bits per heavy atom. The highest BCUT2D eigenvalue weighted by Gasteiger charge is 2.21. The van der Waals surface area contributed by atoms with Crippen LogP contribution in [-0.2, 0) is 11.3 Å². The maximum Gasteiger partial charge on any atom is 0.241 e. The molecule has 0 bridgehead atoms. The van der Waals surface area contributed by atoms with E-state index in [4.69, 9.17) is 16.1 Å². The van der Waals surface area contributed by atoms with Gasteiger partial charge in [-0.15, -0.1) is 0 Å². The van der Waals surface area contributed by atoms with Crippen molar-refractivity contribution < 1.29 is 13.7 Å². The normalized spacial score (nSPS) is 15.3. The van der Waals surface area contributed by atoms with Crippen LogP contribution < -0.4 is 5.32 Å². The average molecular weight is 430 g/mol. The number of nitrogens with zero attached hydrogens (tertiary/aromatic N) is 4. The summed E-state index contributed by atoms with van der Waals surface area (Å²) in [5, 5.41) is 7.42. The SMILES string of the molecule is O=C(CN1CCN(Cc2nc(-c3ccc(Cl)cc3)no2)CC1)Nc1cccc(F)c1. The summed E-state index contributed by atoms with van der Waals surface area (Å²) in [6, 6.07) is 13.2. The van der Waals surface area contributed by atoms with Gasteiger partial charge in [0.1, 0.15) is 5.82 Å². The molecule has 0 unspecified atom stereocenters. The predicted octanol–water partition coefficient (Wildman–Crippen LogP) is 3.29. The Bertz CT molecular complexity index is 1000. The van der Waals surface area contributed by atoms with Crippen LogP contribution in [0.1, 0.15) is 5.89 Å². The molecule has 1 aliphatic heterocycles. The fourth-order valence-electron chi connectivity index (χ4n) is 3.30. The minimum absolute atomic E-state index is 0.154. The number of hydrogen-bond acceptors (Lipinski definition) is 6. The van der Waals surface area contributed by atoms with Crippen LogP contribution in [0.4, 0.5) is 10.1 Å². The Kier molecular flexibility index (Phi) is 6.37. The number of carbonyl (C=O) groups excluding carboxylic acids is 1. The zero-order valence-corrected chi connectivity index (χ0v) is 17.0. The lowest BCUT2D eigenvalue weighted by Crippen LogP contribution is -2.48. The van der Waals surface area contributed by atoms with Crippen LogP contribution in [0.5, 0.6) is 0 Å². The van der Waals surface area contributed by atoms with E-state index in [0.29, 0.717) is 29.0 Å². The van der Waals surface area contributed by atoms with Crippen molar-refractivity contribution >= 4 is 23.2 Å². The summed E-state index contributed by atoms with van der Waals surface area (Å²) in [6.07, 6.45) is 0. The molecule has 1 amide bonds. The van der Waals surface area contributed by atoms with Crippen molar-refractivity contribution in [1.29, 1.82) is 0 Å². The molecule has 0 saturated carbocycles. The molecule has 0 radical (unpaired) electrons. The molecule has 1 aliphatic rings. The highest BCUT2D eigenvalue weighted by molar-refractivity contribution is 6.30. The first kappa shape index (κ1) is 20.5. The van der Waals surface area contributed by atoms with E-state index in [1.54, 1.807) is 24.3 Å². The van der Waals surface area contributed by atoms with E-state index in [0.717, 1.165) is 31.7 Å². The number of benzene rings is 2. The van der Waals surface area contributed by atoms with Crippen molar-refractivity contribution in [3.05, 3.63) is 65.3 Å². The molecule has 0 spiro atoms. The Labute approximate surface area is 178 Å². The van der Waals surface area contributed by atoms with Crippen molar-refractivity contribution in [3.63, 3.8) is 0 Å². The van der Waals surface area contributed by atoms with E-state index < -0.39 is 0 Å². The van der Waals surface area contributed by atoms with Gasteiger partial charge < -0.3 is 9.84 Å². The fraction of sp³-hybridized carbons (Fsp3) is 0.286. The smallest absolute Gasteiger partial charge is 0.241 e. The van der Waals surface area contributed by atoms with Crippen LogP contribution in [0, 0.1) is 5.82 Å². The van der Waals surface area contributed by atoms with Crippen molar-refractivity contribution in [2.75, 3.05) is 38.0 Å². The zero-order valence-electron chi connectivity index (χ0n) is 16.2. The Balaban J connectivity index is 1.24. The summed E-state index contributed by atoms with van der Waals surface area (Å²) in [4.78, 5) is 20.9. The van der Waals surface area contributed by atoms with E-state index >= 15 is 0 Å². The highest BCUT2D eigenvalue weighted by atomic mass is 35.5. The topological polar surface area (TPSA) is 74.5 Å². The summed E-state index contributed by atoms with van der Waals surface area (Å²) >= 11 is 5.91. The molecule has 1 aromatic heterocycles. The highest BCUT2D eigenvalue weighted by Crippen LogP contribution is 2.19. The Hall–Kier alpha value is -2.81. The van der Waals surface area contributed by atoms with E-state index in [9.17, 15) is 9.18 Å². The van der Waals surface area contributed by atoms with Crippen molar-refractivity contribution in [2.24, 2.45) is 0 Å². The van der Waals surface area contributed by atoms with E-state index in [2.05, 4.69) is 25.3 Å². The van der Waals surface area contributed by atoms with Crippen molar-refractivity contribution in [2.45, 2.75) is 6.54 Å². The standard InChI is InChI=1S/C21H21ClFN5O2/c22-16-6-4-15(5-7-16)21-25-20(30-26-21)14-28-10-8-27(9-11-28)13-19(29)24-18-3-1-2-17(23)12-18/h1-7,12H,8-11,13-14H2,(H,24,29). The summed E-state index contributed by atoms with van der Waals surface area (Å²) < 4.78 is 18.6. The van der Waals surface area contributed by atoms with E-state index in [1.165, 1.54) is 12.1 Å². The molecule has 9 heteroatoms. The average Bonchev–Trinajstić information content (AvgIpc) is 3.18. The number of piperazine rings is 1. The third kappa shape index (κ3) is 5.41. The minimum Gasteiger partial charge on any atom is -0.338 e. The molecule has 4 rings (SSSR count). The first-order valence-corrected chi connectivity index (χ1v) is 10.0. The monoisotopic (exact) mass is 429 g/mol. The number of hydrogen-bond donors (Lipinski definition) is 1. The summed E-state index contributed by atoms with van der Waals surface area (Å²) in [6.45, 7) is 3.89. The van der Waals surface area contributed by atoms with E-state index in [-0.39, 0.29) is 18.3 Å². The maximum atomic E-state index is 13.2. The van der Waals surface area contributed by atoms with Gasteiger partial charge in [0.05, 0.1) is 13.1 Å². The molecule has 7 nitrogen and oxygen atoms in total. The van der Waals surface area contributed by atoms with Gasteiger partial charge in [0, 0.05) is 42.5 Å². The second-order valence-electron chi connectivity index (χ2n) is 7.13. The molecule has 1 saturated heterocycles. The van der Waals surface area contributed by atoms with Crippen LogP contribution in [-0.4, -0.2) is 58.6 Å². The number of halogens is 2. The number of nitrogens with one attached hydrogen (secondary N) is 1. The fourth-order valence-corrected chi connectivity index (χ4v) is 3.43. The quantitative estimate of drug-likeness (QED) is 0.648. The van der Waals surface area contributed by atoms with Crippen LogP contribution >= 0.6 is 11.6 Å². The minimum atomic E-state index is -0.373. The lowest BCUT2D eigenvalue weighted by molar-refractivity contribution is -0.117. The third-order valence-corrected chi connectivity index (χ3v) is 5.12. The molecule has 2 heterocycles. The number of rotatable bonds is 6. The van der Waals surface area contributed by atoms with Crippen LogP contribution in [0.15, 0.2) is 53.1 Å². The second-order valence-corrected chi connectivity index (χ2v) is 7.57. The molecular formula is C21H21ClFN5O2. The van der Waals surface area contributed by atoms with Crippen LogP contribution in [0.25, 0.3) is 11.4 Å². The molecule has 0 atom stereocenters. The second kappa shape index (κ2) is 9.34. The third-order valence-electron chi connectivity index (χ3n) is 4.87. The van der Waals surface area contributed by atoms with Gasteiger partial charge in [-0.3, -0.25) is 14.6 Å².